The summed E-state index contributed by atoms with van der Waals surface area (Å²) in [4.78, 5) is 14.8. The third-order valence-corrected chi connectivity index (χ3v) is 5.90. The van der Waals surface area contributed by atoms with Gasteiger partial charge in [0.1, 0.15) is 29.8 Å². The van der Waals surface area contributed by atoms with Crippen LogP contribution in [0.1, 0.15) is 31.4 Å². The quantitative estimate of drug-likeness (QED) is 0.617. The van der Waals surface area contributed by atoms with E-state index in [1.54, 1.807) is 10.6 Å². The number of rotatable bonds is 5. The van der Waals surface area contributed by atoms with Crippen molar-refractivity contribution < 1.29 is 22.6 Å². The highest BCUT2D eigenvalue weighted by molar-refractivity contribution is 5.52. The van der Waals surface area contributed by atoms with Crippen molar-refractivity contribution in [2.45, 2.75) is 44.0 Å². The molecule has 0 atom stereocenters. The summed E-state index contributed by atoms with van der Waals surface area (Å²) in [5.41, 5.74) is -0.236. The highest BCUT2D eigenvalue weighted by atomic mass is 19.4. The van der Waals surface area contributed by atoms with Crippen LogP contribution >= 0.6 is 0 Å². The first-order chi connectivity index (χ1) is 16.0. The van der Waals surface area contributed by atoms with E-state index in [1.807, 2.05) is 6.07 Å². The van der Waals surface area contributed by atoms with Gasteiger partial charge in [-0.3, -0.25) is 0 Å². The lowest BCUT2D eigenvalue weighted by Crippen LogP contribution is -2.37. The average molecular weight is 463 g/mol. The van der Waals surface area contributed by atoms with Gasteiger partial charge in [-0.15, -0.1) is 0 Å². The van der Waals surface area contributed by atoms with Gasteiger partial charge in [0.2, 0.25) is 0 Å². The van der Waals surface area contributed by atoms with Crippen molar-refractivity contribution in [2.24, 2.45) is 0 Å². The molecule has 4 heterocycles. The number of alkyl halides is 3. The Labute approximate surface area is 187 Å². The molecule has 2 aliphatic rings. The van der Waals surface area contributed by atoms with Crippen molar-refractivity contribution >= 4 is 17.3 Å². The molecule has 0 unspecified atom stereocenters. The van der Waals surface area contributed by atoms with Gasteiger partial charge in [0.15, 0.2) is 5.65 Å². The summed E-state index contributed by atoms with van der Waals surface area (Å²) in [7, 11) is 0. The number of hydrogen-bond acceptors (Lipinski definition) is 8. The molecule has 9 nitrogen and oxygen atoms in total. The van der Waals surface area contributed by atoms with Gasteiger partial charge >= 0.3 is 12.2 Å². The summed E-state index contributed by atoms with van der Waals surface area (Å²) in [6.07, 6.45) is -0.114. The van der Waals surface area contributed by atoms with Crippen LogP contribution < -0.4 is 15.0 Å². The normalized spacial score (nSPS) is 21.8. The van der Waals surface area contributed by atoms with Crippen molar-refractivity contribution in [3.05, 3.63) is 36.3 Å². The molecule has 0 amide bonds. The molecule has 1 aliphatic carbocycles. The van der Waals surface area contributed by atoms with Gasteiger partial charge in [-0.25, -0.2) is 9.97 Å². The van der Waals surface area contributed by atoms with Crippen molar-refractivity contribution in [3.8, 4) is 6.01 Å². The van der Waals surface area contributed by atoms with E-state index < -0.39 is 11.9 Å². The number of pyridine rings is 1. The van der Waals surface area contributed by atoms with Crippen LogP contribution in [0, 0.1) is 0 Å². The number of morpholine rings is 1. The Balaban J connectivity index is 1.23. The van der Waals surface area contributed by atoms with E-state index in [2.05, 4.69) is 30.3 Å². The van der Waals surface area contributed by atoms with Gasteiger partial charge in [-0.05, 0) is 37.8 Å². The van der Waals surface area contributed by atoms with Crippen LogP contribution in [0.3, 0.4) is 0 Å². The number of nitrogens with one attached hydrogen (secondary N) is 1. The van der Waals surface area contributed by atoms with E-state index in [0.717, 1.165) is 50.7 Å². The number of hydrogen-bond donors (Lipinski definition) is 1. The molecule has 5 rings (SSSR count). The van der Waals surface area contributed by atoms with Crippen molar-refractivity contribution in [3.63, 3.8) is 0 Å². The molecule has 1 saturated heterocycles. The molecule has 3 aromatic rings. The zero-order chi connectivity index (χ0) is 22.8. The summed E-state index contributed by atoms with van der Waals surface area (Å²) >= 11 is 0. The molecule has 33 heavy (non-hydrogen) atoms. The number of nitrogens with zero attached hydrogens (tertiary/aromatic N) is 6. The third kappa shape index (κ3) is 4.95. The second kappa shape index (κ2) is 9.00. The van der Waals surface area contributed by atoms with Crippen LogP contribution in [0.5, 0.6) is 6.01 Å². The fourth-order valence-corrected chi connectivity index (χ4v) is 4.18. The van der Waals surface area contributed by atoms with Crippen molar-refractivity contribution in [2.75, 3.05) is 36.5 Å². The third-order valence-electron chi connectivity index (χ3n) is 5.90. The van der Waals surface area contributed by atoms with Gasteiger partial charge in [0, 0.05) is 25.2 Å². The minimum Gasteiger partial charge on any atom is -0.460 e. The Morgan fingerprint density at radius 2 is 1.85 bits per heavy atom. The minimum absolute atomic E-state index is 0.0277. The predicted octanol–water partition coefficient (Wildman–Crippen LogP) is 3.18. The first kappa shape index (κ1) is 21.7. The smallest absolute Gasteiger partial charge is 0.433 e. The topological polar surface area (TPSA) is 89.7 Å². The van der Waals surface area contributed by atoms with Crippen molar-refractivity contribution in [1.29, 1.82) is 0 Å². The Kier molecular flexibility index (Phi) is 5.92. The van der Waals surface area contributed by atoms with Gasteiger partial charge in [-0.1, -0.05) is 6.07 Å². The lowest BCUT2D eigenvalue weighted by atomic mass is 9.93. The van der Waals surface area contributed by atoms with E-state index in [0.29, 0.717) is 24.9 Å². The first-order valence-corrected chi connectivity index (χ1v) is 11.0. The number of aromatic nitrogens is 5. The van der Waals surface area contributed by atoms with E-state index >= 15 is 0 Å². The van der Waals surface area contributed by atoms with Gasteiger partial charge in [0.25, 0.3) is 0 Å². The molecule has 1 saturated carbocycles. The monoisotopic (exact) mass is 463 g/mol. The van der Waals surface area contributed by atoms with Crippen LogP contribution in [0.15, 0.2) is 30.6 Å². The van der Waals surface area contributed by atoms with Crippen LogP contribution in [-0.4, -0.2) is 63.0 Å². The molecule has 1 N–H and O–H groups in total. The van der Waals surface area contributed by atoms with Crippen molar-refractivity contribution in [1.82, 2.24) is 24.6 Å². The van der Waals surface area contributed by atoms with E-state index in [4.69, 9.17) is 9.47 Å². The molecule has 12 heteroatoms. The highest BCUT2D eigenvalue weighted by Crippen LogP contribution is 2.30. The molecule has 2 fully saturated rings. The number of halogens is 3. The summed E-state index contributed by atoms with van der Waals surface area (Å²) in [5, 5.41) is 7.36. The lowest BCUT2D eigenvalue weighted by molar-refractivity contribution is -0.141. The molecule has 0 aromatic carbocycles. The predicted molar refractivity (Wildman–Crippen MR) is 113 cm³/mol. The van der Waals surface area contributed by atoms with Gasteiger partial charge in [0.05, 0.1) is 13.2 Å². The van der Waals surface area contributed by atoms with Crippen LogP contribution in [0.4, 0.5) is 24.8 Å². The second-order valence-electron chi connectivity index (χ2n) is 8.17. The van der Waals surface area contributed by atoms with E-state index in [-0.39, 0.29) is 18.0 Å². The van der Waals surface area contributed by atoms with Gasteiger partial charge in [-0.2, -0.15) is 27.8 Å². The van der Waals surface area contributed by atoms with E-state index in [9.17, 15) is 13.2 Å². The summed E-state index contributed by atoms with van der Waals surface area (Å²) < 4.78 is 51.9. The number of anilines is 2. The lowest BCUT2D eigenvalue weighted by Gasteiger charge is -2.30. The van der Waals surface area contributed by atoms with E-state index in [1.165, 1.54) is 12.4 Å². The summed E-state index contributed by atoms with van der Waals surface area (Å²) in [6, 6.07) is 6.19. The zero-order valence-corrected chi connectivity index (χ0v) is 17.8. The highest BCUT2D eigenvalue weighted by Gasteiger charge is 2.33. The number of fused-ring (bicyclic) bond motifs is 1. The zero-order valence-electron chi connectivity index (χ0n) is 17.8. The molecular formula is C21H24F3N7O2. The first-order valence-electron chi connectivity index (χ1n) is 11.0. The standard InChI is InChI=1S/C21H24F3N7O2/c22-21(23,24)16-2-1-3-17(28-16)27-14-4-6-15(7-5-14)33-20-29-19(30-8-10-32-11-9-30)12-18-25-13-26-31(18)20/h1-3,12-15H,4-11H2,(H,27,28)/t14-,15+. The van der Waals surface area contributed by atoms with Crippen LogP contribution in [0.2, 0.25) is 0 Å². The van der Waals surface area contributed by atoms with Crippen LogP contribution in [0.25, 0.3) is 5.65 Å². The Hall–Kier alpha value is -3.15. The molecule has 3 aromatic heterocycles. The molecule has 1 aliphatic heterocycles. The molecule has 0 radical (unpaired) electrons. The second-order valence-corrected chi connectivity index (χ2v) is 8.17. The SMILES string of the molecule is FC(F)(F)c1cccc(N[C@H]2CC[C@@H](Oc3nc(N4CCOCC4)cc4ncnn34)CC2)n1. The summed E-state index contributed by atoms with van der Waals surface area (Å²) in [5.74, 6) is 1.01. The largest absolute Gasteiger partial charge is 0.460 e. The minimum atomic E-state index is -4.46. The molecular weight excluding hydrogens is 439 g/mol. The summed E-state index contributed by atoms with van der Waals surface area (Å²) in [6.45, 7) is 2.79. The maximum absolute atomic E-state index is 12.9. The fraction of sp³-hybridized carbons (Fsp3) is 0.524. The maximum Gasteiger partial charge on any atom is 0.433 e. The molecule has 0 spiro atoms. The average Bonchev–Trinajstić information content (AvgIpc) is 3.30. The Morgan fingerprint density at radius 1 is 1.06 bits per heavy atom. The maximum atomic E-state index is 12.9. The number of ether oxygens (including phenoxy) is 2. The Morgan fingerprint density at radius 3 is 2.61 bits per heavy atom. The van der Waals surface area contributed by atoms with Gasteiger partial charge < -0.3 is 19.7 Å². The Bertz CT molecular complexity index is 1090. The molecule has 0 bridgehead atoms. The van der Waals surface area contributed by atoms with Crippen LogP contribution in [-0.2, 0) is 10.9 Å². The molecule has 176 valence electrons. The fourth-order valence-electron chi connectivity index (χ4n) is 4.18.